The van der Waals surface area contributed by atoms with Gasteiger partial charge in [0.25, 0.3) is 0 Å². The molecule has 4 atom stereocenters. The van der Waals surface area contributed by atoms with E-state index in [0.717, 1.165) is 48.0 Å². The van der Waals surface area contributed by atoms with Crippen LogP contribution in [0.4, 0.5) is 5.69 Å². The van der Waals surface area contributed by atoms with Crippen molar-refractivity contribution in [3.05, 3.63) is 64.9 Å². The maximum absolute atomic E-state index is 14.0. The number of aliphatic carboxylic acids is 1. The van der Waals surface area contributed by atoms with Gasteiger partial charge in [0.1, 0.15) is 16.9 Å². The van der Waals surface area contributed by atoms with Crippen molar-refractivity contribution < 1.29 is 23.9 Å². The van der Waals surface area contributed by atoms with Gasteiger partial charge in [-0.2, -0.15) is 0 Å². The predicted molar refractivity (Wildman–Crippen MR) is 139 cm³/mol. The summed E-state index contributed by atoms with van der Waals surface area (Å²) in [7, 11) is 0. The number of imide groups is 1. The number of fused-ring (bicyclic) bond motifs is 2. The third kappa shape index (κ3) is 3.79. The number of hydrogen-bond acceptors (Lipinski definition) is 5. The van der Waals surface area contributed by atoms with Crippen LogP contribution in [0.1, 0.15) is 55.9 Å². The topological polar surface area (TPSA) is 99.8 Å². The molecule has 1 aromatic heterocycles. The van der Waals surface area contributed by atoms with Gasteiger partial charge in [-0.05, 0) is 49.1 Å². The van der Waals surface area contributed by atoms with Crippen LogP contribution in [0, 0.1) is 24.7 Å². The SMILES string of the molecule is Cc1ccc(N2C(=O)C3C(c4cc5ccccc5o4)NC(CC4CCCCC4)(C(=O)O)C3C2=O)cc1Cl. The fourth-order valence-electron chi connectivity index (χ4n) is 6.70. The van der Waals surface area contributed by atoms with Crippen LogP contribution >= 0.6 is 11.6 Å². The number of carboxylic acids is 1. The van der Waals surface area contributed by atoms with E-state index < -0.39 is 41.2 Å². The molecule has 7 nitrogen and oxygen atoms in total. The van der Waals surface area contributed by atoms with Crippen LogP contribution in [0.25, 0.3) is 11.0 Å². The van der Waals surface area contributed by atoms with Gasteiger partial charge >= 0.3 is 5.97 Å². The van der Waals surface area contributed by atoms with Gasteiger partial charge in [-0.25, -0.2) is 4.90 Å². The Balaban J connectivity index is 1.48. The Kier molecular flexibility index (Phi) is 5.88. The highest BCUT2D eigenvalue weighted by molar-refractivity contribution is 6.32. The number of para-hydroxylation sites is 1. The fraction of sp³-hybridized carbons (Fsp3) is 0.414. The van der Waals surface area contributed by atoms with E-state index in [2.05, 4.69) is 5.32 Å². The zero-order valence-corrected chi connectivity index (χ0v) is 21.3. The van der Waals surface area contributed by atoms with Gasteiger partial charge in [0, 0.05) is 10.4 Å². The Morgan fingerprint density at radius 1 is 1.11 bits per heavy atom. The molecule has 4 unspecified atom stereocenters. The first-order valence-corrected chi connectivity index (χ1v) is 13.3. The summed E-state index contributed by atoms with van der Waals surface area (Å²) in [6.07, 6.45) is 5.36. The molecule has 2 aromatic carbocycles. The van der Waals surface area contributed by atoms with Crippen molar-refractivity contribution >= 4 is 46.0 Å². The second-order valence-corrected chi connectivity index (χ2v) is 11.1. The molecule has 2 saturated heterocycles. The third-order valence-corrected chi connectivity index (χ3v) is 8.94. The van der Waals surface area contributed by atoms with Crippen LogP contribution in [0.3, 0.4) is 0 Å². The first-order chi connectivity index (χ1) is 17.8. The van der Waals surface area contributed by atoms with Crippen LogP contribution in [-0.4, -0.2) is 28.4 Å². The van der Waals surface area contributed by atoms with Crippen LogP contribution in [0.2, 0.25) is 5.02 Å². The molecule has 1 aliphatic carbocycles. The number of aryl methyl sites for hydroxylation is 1. The molecule has 2 N–H and O–H groups in total. The molecule has 0 spiro atoms. The zero-order chi connectivity index (χ0) is 25.9. The molecular formula is C29H29ClN2O5. The number of carbonyl (C=O) groups is 3. The molecule has 192 valence electrons. The molecule has 1 saturated carbocycles. The summed E-state index contributed by atoms with van der Waals surface area (Å²) in [4.78, 5) is 42.2. The lowest BCUT2D eigenvalue weighted by molar-refractivity contribution is -0.150. The summed E-state index contributed by atoms with van der Waals surface area (Å²) in [6, 6.07) is 13.6. The highest BCUT2D eigenvalue weighted by atomic mass is 35.5. The molecular weight excluding hydrogens is 492 g/mol. The van der Waals surface area contributed by atoms with Gasteiger partial charge in [-0.1, -0.05) is 68.0 Å². The number of carbonyl (C=O) groups excluding carboxylic acids is 2. The lowest BCUT2D eigenvalue weighted by Gasteiger charge is -2.35. The maximum atomic E-state index is 14.0. The van der Waals surface area contributed by atoms with Crippen molar-refractivity contribution in [1.82, 2.24) is 5.32 Å². The van der Waals surface area contributed by atoms with Crippen LogP contribution in [0.15, 0.2) is 52.9 Å². The minimum atomic E-state index is -1.58. The zero-order valence-electron chi connectivity index (χ0n) is 20.6. The largest absolute Gasteiger partial charge is 0.480 e. The normalized spacial score (nSPS) is 28.3. The molecule has 3 aromatic rings. The summed E-state index contributed by atoms with van der Waals surface area (Å²) in [5.41, 5.74) is 0.255. The Morgan fingerprint density at radius 2 is 1.86 bits per heavy atom. The Bertz CT molecular complexity index is 1380. The third-order valence-electron chi connectivity index (χ3n) is 8.54. The summed E-state index contributed by atoms with van der Waals surface area (Å²) in [5, 5.41) is 15.3. The summed E-state index contributed by atoms with van der Waals surface area (Å²) in [5.74, 6) is -3.37. The van der Waals surface area contributed by atoms with Crippen LogP contribution in [0.5, 0.6) is 0 Å². The summed E-state index contributed by atoms with van der Waals surface area (Å²) >= 11 is 6.34. The summed E-state index contributed by atoms with van der Waals surface area (Å²) in [6.45, 7) is 1.84. The molecule has 3 aliphatic rings. The molecule has 3 heterocycles. The summed E-state index contributed by atoms with van der Waals surface area (Å²) < 4.78 is 6.12. The van der Waals surface area contributed by atoms with Gasteiger partial charge in [0.05, 0.1) is 23.6 Å². The van der Waals surface area contributed by atoms with E-state index in [0.29, 0.717) is 28.5 Å². The number of nitrogens with zero attached hydrogens (tertiary/aromatic N) is 1. The molecule has 6 rings (SSSR count). The number of nitrogens with one attached hydrogen (secondary N) is 1. The van der Waals surface area contributed by atoms with Crippen molar-refractivity contribution in [1.29, 1.82) is 0 Å². The van der Waals surface area contributed by atoms with E-state index in [9.17, 15) is 19.5 Å². The first-order valence-electron chi connectivity index (χ1n) is 12.9. The van der Waals surface area contributed by atoms with E-state index in [1.807, 2.05) is 37.3 Å². The average Bonchev–Trinajstić information content (AvgIpc) is 3.54. The monoisotopic (exact) mass is 520 g/mol. The van der Waals surface area contributed by atoms with Crippen LogP contribution in [-0.2, 0) is 14.4 Å². The Hall–Kier alpha value is -3.16. The highest BCUT2D eigenvalue weighted by Gasteiger charge is 2.69. The number of furan rings is 1. The lowest BCUT2D eigenvalue weighted by atomic mass is 9.72. The first kappa shape index (κ1) is 24.2. The number of benzene rings is 2. The Morgan fingerprint density at radius 3 is 2.57 bits per heavy atom. The standard InChI is InChI=1S/C29H29ClN2O5/c1-16-11-12-19(14-20(16)30)32-26(33)23-24(27(32)34)29(28(35)36,15-17-7-3-2-4-8-17)31-25(23)22-13-18-9-5-6-10-21(18)37-22/h5-6,9-14,17,23-25,31H,2-4,7-8,15H2,1H3,(H,35,36). The van der Waals surface area contributed by atoms with E-state index in [-0.39, 0.29) is 5.92 Å². The van der Waals surface area contributed by atoms with E-state index in [4.69, 9.17) is 16.0 Å². The average molecular weight is 521 g/mol. The van der Waals surface area contributed by atoms with Crippen LogP contribution < -0.4 is 10.2 Å². The molecule has 0 radical (unpaired) electrons. The molecule has 2 aliphatic heterocycles. The molecule has 3 fully saturated rings. The van der Waals surface area contributed by atoms with Gasteiger partial charge in [-0.15, -0.1) is 0 Å². The second kappa shape index (κ2) is 8.99. The van der Waals surface area contributed by atoms with Crippen molar-refractivity contribution in [3.63, 3.8) is 0 Å². The number of amides is 2. The van der Waals surface area contributed by atoms with Crippen molar-refractivity contribution in [2.24, 2.45) is 17.8 Å². The second-order valence-electron chi connectivity index (χ2n) is 10.7. The predicted octanol–water partition coefficient (Wildman–Crippen LogP) is 5.64. The smallest absolute Gasteiger partial charge is 0.324 e. The lowest BCUT2D eigenvalue weighted by Crippen LogP contribution is -2.56. The molecule has 2 amide bonds. The number of hydrogen-bond donors (Lipinski definition) is 2. The number of anilines is 1. The van der Waals surface area contributed by atoms with Crippen molar-refractivity contribution in [2.45, 2.75) is 57.0 Å². The fourth-order valence-corrected chi connectivity index (χ4v) is 6.87. The minimum Gasteiger partial charge on any atom is -0.480 e. The molecule has 8 heteroatoms. The maximum Gasteiger partial charge on any atom is 0.324 e. The van der Waals surface area contributed by atoms with Crippen molar-refractivity contribution in [3.8, 4) is 0 Å². The number of halogens is 1. The van der Waals surface area contributed by atoms with Gasteiger partial charge in [0.15, 0.2) is 0 Å². The van der Waals surface area contributed by atoms with E-state index >= 15 is 0 Å². The molecule has 37 heavy (non-hydrogen) atoms. The highest BCUT2D eigenvalue weighted by Crippen LogP contribution is 2.53. The van der Waals surface area contributed by atoms with Gasteiger partial charge in [0.2, 0.25) is 11.8 Å². The molecule has 0 bridgehead atoms. The van der Waals surface area contributed by atoms with E-state index in [1.165, 1.54) is 0 Å². The quantitative estimate of drug-likeness (QED) is 0.422. The number of carboxylic acid groups (broad SMARTS) is 1. The van der Waals surface area contributed by atoms with E-state index in [1.54, 1.807) is 18.2 Å². The Labute approximate surface area is 219 Å². The minimum absolute atomic E-state index is 0.165. The number of rotatable bonds is 5. The van der Waals surface area contributed by atoms with Gasteiger partial charge < -0.3 is 9.52 Å². The van der Waals surface area contributed by atoms with Crippen molar-refractivity contribution in [2.75, 3.05) is 4.90 Å². The van der Waals surface area contributed by atoms with Gasteiger partial charge in [-0.3, -0.25) is 19.7 Å².